The lowest BCUT2D eigenvalue weighted by molar-refractivity contribution is -0.0102. The van der Waals surface area contributed by atoms with Gasteiger partial charge in [0.2, 0.25) is 0 Å². The van der Waals surface area contributed by atoms with Crippen molar-refractivity contribution in [2.75, 3.05) is 0 Å². The van der Waals surface area contributed by atoms with E-state index in [2.05, 4.69) is 9.97 Å². The second-order valence-electron chi connectivity index (χ2n) is 3.98. The first kappa shape index (κ1) is 8.63. The van der Waals surface area contributed by atoms with Crippen LogP contribution in [0.2, 0.25) is 0 Å². The van der Waals surface area contributed by atoms with Crippen LogP contribution < -0.4 is 0 Å². The smallest absolute Gasteiger partial charge is 0.125 e. The highest BCUT2D eigenvalue weighted by Gasteiger charge is 2.34. The molecular weight excluding hydrogens is 164 g/mol. The highest BCUT2D eigenvalue weighted by Crippen LogP contribution is 2.35. The Balaban J connectivity index is 2.65. The zero-order chi connectivity index (χ0) is 9.64. The Labute approximate surface area is 78.2 Å². The van der Waals surface area contributed by atoms with E-state index in [-0.39, 0.29) is 5.60 Å². The summed E-state index contributed by atoms with van der Waals surface area (Å²) in [6.45, 7) is 8.67. The molecule has 0 amide bonds. The van der Waals surface area contributed by atoms with E-state index < -0.39 is 0 Å². The summed E-state index contributed by atoms with van der Waals surface area (Å²) in [5, 5.41) is 0. The third-order valence-electron chi connectivity index (χ3n) is 2.47. The maximum absolute atomic E-state index is 5.64. The molecule has 0 radical (unpaired) electrons. The number of ether oxygens (including phenoxy) is 1. The van der Waals surface area contributed by atoms with Gasteiger partial charge in [-0.2, -0.15) is 0 Å². The lowest BCUT2D eigenvalue weighted by Gasteiger charge is -2.17. The van der Waals surface area contributed by atoms with Crippen molar-refractivity contribution in [3.63, 3.8) is 0 Å². The maximum atomic E-state index is 5.64. The van der Waals surface area contributed by atoms with Crippen molar-refractivity contribution in [1.82, 2.24) is 9.97 Å². The molecule has 0 unspecified atom stereocenters. The third-order valence-corrected chi connectivity index (χ3v) is 2.47. The Morgan fingerprint density at radius 1 is 1.23 bits per heavy atom. The summed E-state index contributed by atoms with van der Waals surface area (Å²) >= 11 is 0. The van der Waals surface area contributed by atoms with Crippen LogP contribution in [0, 0.1) is 13.8 Å². The van der Waals surface area contributed by atoms with Crippen LogP contribution in [0.15, 0.2) is 0 Å². The molecule has 3 nitrogen and oxygen atoms in total. The van der Waals surface area contributed by atoms with Crippen LogP contribution >= 0.6 is 0 Å². The Bertz CT molecular complexity index is 358. The van der Waals surface area contributed by atoms with E-state index in [0.29, 0.717) is 6.61 Å². The van der Waals surface area contributed by atoms with Crippen LogP contribution in [0.5, 0.6) is 0 Å². The normalized spacial score (nSPS) is 18.8. The fourth-order valence-corrected chi connectivity index (χ4v) is 1.73. The van der Waals surface area contributed by atoms with E-state index >= 15 is 0 Å². The van der Waals surface area contributed by atoms with Crippen LogP contribution in [-0.4, -0.2) is 9.97 Å². The molecule has 70 valence electrons. The molecule has 1 aliphatic rings. The lowest BCUT2D eigenvalue weighted by atomic mass is 10.0. The van der Waals surface area contributed by atoms with Gasteiger partial charge >= 0.3 is 0 Å². The summed E-state index contributed by atoms with van der Waals surface area (Å²) in [6.07, 6.45) is 0. The summed E-state index contributed by atoms with van der Waals surface area (Å²) in [6, 6.07) is 0. The first-order chi connectivity index (χ1) is 6.00. The maximum Gasteiger partial charge on any atom is 0.125 e. The monoisotopic (exact) mass is 178 g/mol. The van der Waals surface area contributed by atoms with Crippen molar-refractivity contribution in [2.45, 2.75) is 39.9 Å². The van der Waals surface area contributed by atoms with Crippen molar-refractivity contribution < 1.29 is 4.74 Å². The SMILES string of the molecule is Cc1nc(C)c2c(n1)C(C)(C)OC2. The summed E-state index contributed by atoms with van der Waals surface area (Å²) in [5.41, 5.74) is 3.02. The van der Waals surface area contributed by atoms with Gasteiger partial charge in [-0.1, -0.05) is 0 Å². The molecule has 1 aromatic heterocycles. The third kappa shape index (κ3) is 1.23. The molecule has 0 spiro atoms. The first-order valence-corrected chi connectivity index (χ1v) is 4.49. The molecule has 2 rings (SSSR count). The van der Waals surface area contributed by atoms with Crippen LogP contribution in [0.4, 0.5) is 0 Å². The zero-order valence-corrected chi connectivity index (χ0v) is 8.51. The van der Waals surface area contributed by atoms with Crippen LogP contribution in [-0.2, 0) is 16.9 Å². The molecule has 3 heteroatoms. The minimum atomic E-state index is -0.242. The van der Waals surface area contributed by atoms with E-state index in [0.717, 1.165) is 22.8 Å². The standard InChI is InChI=1S/C10H14N2O/c1-6-8-5-13-10(3,4)9(8)12-7(2)11-6/h5H2,1-4H3. The Morgan fingerprint density at radius 2 is 1.92 bits per heavy atom. The van der Waals surface area contributed by atoms with Crippen LogP contribution in [0.25, 0.3) is 0 Å². The van der Waals surface area contributed by atoms with Gasteiger partial charge < -0.3 is 4.74 Å². The number of aryl methyl sites for hydroxylation is 2. The van der Waals surface area contributed by atoms with Crippen molar-refractivity contribution in [3.8, 4) is 0 Å². The lowest BCUT2D eigenvalue weighted by Crippen LogP contribution is -2.17. The molecule has 0 N–H and O–H groups in total. The Morgan fingerprint density at radius 3 is 2.62 bits per heavy atom. The molecule has 0 aromatic carbocycles. The predicted molar refractivity (Wildman–Crippen MR) is 49.3 cm³/mol. The number of hydrogen-bond donors (Lipinski definition) is 0. The average molecular weight is 178 g/mol. The fourth-order valence-electron chi connectivity index (χ4n) is 1.73. The molecule has 1 aliphatic heterocycles. The molecule has 13 heavy (non-hydrogen) atoms. The molecule has 1 aromatic rings. The second-order valence-corrected chi connectivity index (χ2v) is 3.98. The molecule has 0 saturated carbocycles. The van der Waals surface area contributed by atoms with Gasteiger partial charge in [-0.05, 0) is 27.7 Å². The van der Waals surface area contributed by atoms with E-state index in [1.807, 2.05) is 27.7 Å². The summed E-state index contributed by atoms with van der Waals surface area (Å²) < 4.78 is 5.64. The number of aromatic nitrogens is 2. The van der Waals surface area contributed by atoms with Gasteiger partial charge in [0.1, 0.15) is 11.4 Å². The minimum Gasteiger partial charge on any atom is -0.364 e. The van der Waals surface area contributed by atoms with Crippen molar-refractivity contribution >= 4 is 0 Å². The van der Waals surface area contributed by atoms with E-state index in [9.17, 15) is 0 Å². The van der Waals surface area contributed by atoms with Crippen LogP contribution in [0.3, 0.4) is 0 Å². The Kier molecular flexibility index (Phi) is 1.67. The number of nitrogens with zero attached hydrogens (tertiary/aromatic N) is 2. The van der Waals surface area contributed by atoms with Crippen LogP contribution in [0.1, 0.15) is 36.6 Å². The summed E-state index contributed by atoms with van der Waals surface area (Å²) in [7, 11) is 0. The van der Waals surface area contributed by atoms with E-state index in [1.165, 1.54) is 0 Å². The molecule has 0 atom stereocenters. The molecule has 2 heterocycles. The highest BCUT2D eigenvalue weighted by molar-refractivity contribution is 5.31. The Hall–Kier alpha value is -0.960. The number of fused-ring (bicyclic) bond motifs is 1. The van der Waals surface area contributed by atoms with Gasteiger partial charge in [0.15, 0.2) is 0 Å². The van der Waals surface area contributed by atoms with Gasteiger partial charge in [0, 0.05) is 11.3 Å². The number of rotatable bonds is 0. The topological polar surface area (TPSA) is 35.0 Å². The fraction of sp³-hybridized carbons (Fsp3) is 0.600. The molecular formula is C10H14N2O. The van der Waals surface area contributed by atoms with Crippen molar-refractivity contribution in [3.05, 3.63) is 22.8 Å². The summed E-state index contributed by atoms with van der Waals surface area (Å²) in [5.74, 6) is 0.829. The quantitative estimate of drug-likeness (QED) is 0.608. The zero-order valence-electron chi connectivity index (χ0n) is 8.51. The largest absolute Gasteiger partial charge is 0.364 e. The summed E-state index contributed by atoms with van der Waals surface area (Å²) in [4.78, 5) is 8.75. The van der Waals surface area contributed by atoms with Gasteiger partial charge in [0.25, 0.3) is 0 Å². The van der Waals surface area contributed by atoms with Gasteiger partial charge in [-0.3, -0.25) is 0 Å². The molecule has 0 aliphatic carbocycles. The van der Waals surface area contributed by atoms with Gasteiger partial charge in [-0.25, -0.2) is 9.97 Å². The molecule has 0 saturated heterocycles. The van der Waals surface area contributed by atoms with Gasteiger partial charge in [0.05, 0.1) is 12.3 Å². The number of hydrogen-bond acceptors (Lipinski definition) is 3. The highest BCUT2D eigenvalue weighted by atomic mass is 16.5. The minimum absolute atomic E-state index is 0.242. The average Bonchev–Trinajstić information content (AvgIpc) is 2.28. The first-order valence-electron chi connectivity index (χ1n) is 4.49. The molecule has 0 bridgehead atoms. The van der Waals surface area contributed by atoms with E-state index in [4.69, 9.17) is 4.74 Å². The van der Waals surface area contributed by atoms with Gasteiger partial charge in [-0.15, -0.1) is 0 Å². The van der Waals surface area contributed by atoms with Crippen molar-refractivity contribution in [1.29, 1.82) is 0 Å². The second kappa shape index (κ2) is 2.51. The van der Waals surface area contributed by atoms with Crippen molar-refractivity contribution in [2.24, 2.45) is 0 Å². The molecule has 0 fully saturated rings. The van der Waals surface area contributed by atoms with E-state index in [1.54, 1.807) is 0 Å². The predicted octanol–water partition coefficient (Wildman–Crippen LogP) is 1.86.